The van der Waals surface area contributed by atoms with Gasteiger partial charge >= 0.3 is 0 Å². The zero-order chi connectivity index (χ0) is 13.8. The van der Waals surface area contributed by atoms with Gasteiger partial charge in [-0.2, -0.15) is 0 Å². The van der Waals surface area contributed by atoms with Gasteiger partial charge in [-0.05, 0) is 31.9 Å². The fourth-order valence-electron chi connectivity index (χ4n) is 1.55. The van der Waals surface area contributed by atoms with Crippen LogP contribution in [0.2, 0.25) is 0 Å². The maximum absolute atomic E-state index is 5.63. The topological polar surface area (TPSA) is 45.7 Å². The van der Waals surface area contributed by atoms with Crippen molar-refractivity contribution >= 4 is 5.96 Å². The van der Waals surface area contributed by atoms with E-state index in [0.717, 1.165) is 44.2 Å². The first-order valence-electron chi connectivity index (χ1n) is 7.06. The van der Waals surface area contributed by atoms with Crippen LogP contribution in [0.3, 0.4) is 0 Å². The molecule has 106 valence electrons. The summed E-state index contributed by atoms with van der Waals surface area (Å²) in [7, 11) is 0. The zero-order valence-electron chi connectivity index (χ0n) is 12.0. The second-order valence-electron chi connectivity index (χ2n) is 4.20. The summed E-state index contributed by atoms with van der Waals surface area (Å²) in [5.74, 6) is 1.82. The Bertz CT molecular complexity index is 352. The first-order chi connectivity index (χ1) is 9.36. The summed E-state index contributed by atoms with van der Waals surface area (Å²) >= 11 is 0. The molecule has 0 aromatic heterocycles. The van der Waals surface area contributed by atoms with Crippen molar-refractivity contribution in [3.05, 3.63) is 30.3 Å². The molecule has 0 fully saturated rings. The summed E-state index contributed by atoms with van der Waals surface area (Å²) in [5, 5.41) is 6.52. The molecule has 0 aliphatic heterocycles. The van der Waals surface area contributed by atoms with Crippen molar-refractivity contribution in [3.63, 3.8) is 0 Å². The monoisotopic (exact) mass is 263 g/mol. The van der Waals surface area contributed by atoms with Gasteiger partial charge in [0.1, 0.15) is 5.75 Å². The SMILES string of the molecule is CCCN=C(NCC)NCCCOc1ccccc1. The standard InChI is InChI=1S/C15H25N3O/c1-3-11-17-15(16-4-2)18-12-8-13-19-14-9-6-5-7-10-14/h5-7,9-10H,3-4,8,11-13H2,1-2H3,(H2,16,17,18). The smallest absolute Gasteiger partial charge is 0.191 e. The number of aliphatic imine (C=N–C) groups is 1. The number of ether oxygens (including phenoxy) is 1. The molecule has 19 heavy (non-hydrogen) atoms. The molecule has 0 heterocycles. The van der Waals surface area contributed by atoms with E-state index in [2.05, 4.69) is 29.5 Å². The lowest BCUT2D eigenvalue weighted by Crippen LogP contribution is -2.38. The molecular weight excluding hydrogens is 238 g/mol. The molecule has 1 aromatic carbocycles. The molecule has 0 saturated carbocycles. The van der Waals surface area contributed by atoms with Gasteiger partial charge in [0, 0.05) is 19.6 Å². The number of hydrogen-bond acceptors (Lipinski definition) is 2. The van der Waals surface area contributed by atoms with Crippen molar-refractivity contribution in [2.24, 2.45) is 4.99 Å². The van der Waals surface area contributed by atoms with Crippen LogP contribution in [0.1, 0.15) is 26.7 Å². The van der Waals surface area contributed by atoms with Gasteiger partial charge in [0.25, 0.3) is 0 Å². The Morgan fingerprint density at radius 2 is 1.95 bits per heavy atom. The van der Waals surface area contributed by atoms with E-state index in [4.69, 9.17) is 4.74 Å². The van der Waals surface area contributed by atoms with Gasteiger partial charge in [0.2, 0.25) is 0 Å². The molecule has 4 heteroatoms. The van der Waals surface area contributed by atoms with Crippen LogP contribution in [-0.4, -0.2) is 32.2 Å². The minimum atomic E-state index is 0.712. The Morgan fingerprint density at radius 1 is 1.16 bits per heavy atom. The van der Waals surface area contributed by atoms with Crippen LogP contribution in [0.4, 0.5) is 0 Å². The van der Waals surface area contributed by atoms with Crippen LogP contribution in [0.5, 0.6) is 5.75 Å². The molecule has 2 N–H and O–H groups in total. The molecule has 1 aromatic rings. The van der Waals surface area contributed by atoms with E-state index in [0.29, 0.717) is 6.61 Å². The molecule has 0 aliphatic carbocycles. The number of para-hydroxylation sites is 1. The fraction of sp³-hybridized carbons (Fsp3) is 0.533. The second-order valence-corrected chi connectivity index (χ2v) is 4.20. The molecule has 0 unspecified atom stereocenters. The Balaban J connectivity index is 2.14. The third-order valence-electron chi connectivity index (χ3n) is 2.46. The highest BCUT2D eigenvalue weighted by molar-refractivity contribution is 5.79. The number of benzene rings is 1. The van der Waals surface area contributed by atoms with E-state index in [9.17, 15) is 0 Å². The zero-order valence-corrected chi connectivity index (χ0v) is 12.0. The highest BCUT2D eigenvalue weighted by Gasteiger charge is 1.96. The molecule has 1 rings (SSSR count). The van der Waals surface area contributed by atoms with Gasteiger partial charge < -0.3 is 15.4 Å². The highest BCUT2D eigenvalue weighted by atomic mass is 16.5. The number of nitrogens with zero attached hydrogens (tertiary/aromatic N) is 1. The molecular formula is C15H25N3O. The lowest BCUT2D eigenvalue weighted by atomic mass is 10.3. The predicted molar refractivity (Wildman–Crippen MR) is 80.8 cm³/mol. The Hall–Kier alpha value is -1.71. The van der Waals surface area contributed by atoms with E-state index in [1.165, 1.54) is 0 Å². The molecule has 0 atom stereocenters. The van der Waals surface area contributed by atoms with Crippen LogP contribution < -0.4 is 15.4 Å². The minimum absolute atomic E-state index is 0.712. The predicted octanol–water partition coefficient (Wildman–Crippen LogP) is 2.42. The largest absolute Gasteiger partial charge is 0.494 e. The number of rotatable bonds is 8. The van der Waals surface area contributed by atoms with Crippen LogP contribution in [-0.2, 0) is 0 Å². The minimum Gasteiger partial charge on any atom is -0.494 e. The van der Waals surface area contributed by atoms with E-state index in [1.54, 1.807) is 0 Å². The summed E-state index contributed by atoms with van der Waals surface area (Å²) in [6.07, 6.45) is 2.01. The van der Waals surface area contributed by atoms with Gasteiger partial charge in [0.05, 0.1) is 6.61 Å². The summed E-state index contributed by atoms with van der Waals surface area (Å²) in [6.45, 7) is 7.51. The van der Waals surface area contributed by atoms with E-state index in [-0.39, 0.29) is 0 Å². The van der Waals surface area contributed by atoms with Gasteiger partial charge in [-0.3, -0.25) is 4.99 Å². The van der Waals surface area contributed by atoms with Crippen LogP contribution in [0.25, 0.3) is 0 Å². The lowest BCUT2D eigenvalue weighted by molar-refractivity contribution is 0.311. The van der Waals surface area contributed by atoms with E-state index < -0.39 is 0 Å². The lowest BCUT2D eigenvalue weighted by Gasteiger charge is -2.11. The van der Waals surface area contributed by atoms with Crippen molar-refractivity contribution in [3.8, 4) is 5.75 Å². The Morgan fingerprint density at radius 3 is 2.63 bits per heavy atom. The fourth-order valence-corrected chi connectivity index (χ4v) is 1.55. The van der Waals surface area contributed by atoms with Crippen molar-refractivity contribution in [1.82, 2.24) is 10.6 Å². The van der Waals surface area contributed by atoms with E-state index >= 15 is 0 Å². The second kappa shape index (κ2) is 10.2. The van der Waals surface area contributed by atoms with Crippen LogP contribution in [0, 0.1) is 0 Å². The number of nitrogens with one attached hydrogen (secondary N) is 2. The molecule has 4 nitrogen and oxygen atoms in total. The van der Waals surface area contributed by atoms with Crippen molar-refractivity contribution < 1.29 is 4.74 Å². The maximum Gasteiger partial charge on any atom is 0.191 e. The summed E-state index contributed by atoms with van der Waals surface area (Å²) in [5.41, 5.74) is 0. The molecule has 0 saturated heterocycles. The molecule has 0 spiro atoms. The average Bonchev–Trinajstić information content (AvgIpc) is 2.45. The van der Waals surface area contributed by atoms with Crippen LogP contribution >= 0.6 is 0 Å². The number of hydrogen-bond donors (Lipinski definition) is 2. The van der Waals surface area contributed by atoms with E-state index in [1.807, 2.05) is 30.3 Å². The molecule has 0 bridgehead atoms. The molecule has 0 amide bonds. The van der Waals surface area contributed by atoms with Crippen molar-refractivity contribution in [1.29, 1.82) is 0 Å². The summed E-state index contributed by atoms with van der Waals surface area (Å²) in [6, 6.07) is 9.89. The van der Waals surface area contributed by atoms with Gasteiger partial charge in [-0.1, -0.05) is 25.1 Å². The maximum atomic E-state index is 5.63. The van der Waals surface area contributed by atoms with Gasteiger partial charge in [-0.15, -0.1) is 0 Å². The first kappa shape index (κ1) is 15.3. The third kappa shape index (κ3) is 7.34. The Labute approximate surface area is 116 Å². The quantitative estimate of drug-likeness (QED) is 0.430. The third-order valence-corrected chi connectivity index (χ3v) is 2.46. The van der Waals surface area contributed by atoms with Gasteiger partial charge in [0.15, 0.2) is 5.96 Å². The summed E-state index contributed by atoms with van der Waals surface area (Å²) in [4.78, 5) is 4.44. The van der Waals surface area contributed by atoms with Crippen molar-refractivity contribution in [2.75, 3.05) is 26.2 Å². The average molecular weight is 263 g/mol. The van der Waals surface area contributed by atoms with Crippen molar-refractivity contribution in [2.45, 2.75) is 26.7 Å². The molecule has 0 radical (unpaired) electrons. The first-order valence-corrected chi connectivity index (χ1v) is 7.06. The molecule has 0 aliphatic rings. The van der Waals surface area contributed by atoms with Gasteiger partial charge in [-0.25, -0.2) is 0 Å². The Kier molecular flexibility index (Phi) is 8.27. The van der Waals surface area contributed by atoms with Crippen LogP contribution in [0.15, 0.2) is 35.3 Å². The summed E-state index contributed by atoms with van der Waals surface area (Å²) < 4.78 is 5.63. The number of guanidine groups is 1. The highest BCUT2D eigenvalue weighted by Crippen LogP contribution is 2.07. The normalized spacial score (nSPS) is 11.2.